The van der Waals surface area contributed by atoms with E-state index >= 15 is 0 Å². The average molecular weight is 369 g/mol. The highest BCUT2D eigenvalue weighted by Gasteiger charge is 2.20. The number of benzene rings is 1. The van der Waals surface area contributed by atoms with Crippen molar-refractivity contribution in [3.63, 3.8) is 0 Å². The van der Waals surface area contributed by atoms with Crippen molar-refractivity contribution in [1.82, 2.24) is 9.80 Å². The van der Waals surface area contributed by atoms with Crippen molar-refractivity contribution in [2.75, 3.05) is 58.2 Å². The summed E-state index contributed by atoms with van der Waals surface area (Å²) in [5.41, 5.74) is 0. The molecular formula is C19H29ClN2OS. The van der Waals surface area contributed by atoms with Gasteiger partial charge in [-0.05, 0) is 69.1 Å². The van der Waals surface area contributed by atoms with E-state index in [2.05, 4.69) is 21.9 Å². The van der Waals surface area contributed by atoms with Gasteiger partial charge in [-0.15, -0.1) is 11.8 Å². The first-order valence-electron chi connectivity index (χ1n) is 9.20. The smallest absolute Gasteiger partial charge is 0.0594 e. The number of morpholine rings is 1. The molecule has 1 aromatic carbocycles. The van der Waals surface area contributed by atoms with Gasteiger partial charge in [-0.2, -0.15) is 0 Å². The number of likely N-dealkylation sites (tertiary alicyclic amines) is 1. The maximum atomic E-state index is 5.93. The molecular weight excluding hydrogens is 340 g/mol. The van der Waals surface area contributed by atoms with Crippen molar-refractivity contribution in [3.05, 3.63) is 29.3 Å². The molecule has 134 valence electrons. The molecule has 0 saturated carbocycles. The molecule has 2 saturated heterocycles. The van der Waals surface area contributed by atoms with E-state index in [0.717, 1.165) is 37.2 Å². The number of thioether (sulfide) groups is 1. The SMILES string of the molecule is Clc1ccc(SCCN2CCC(CCN3CCOCC3)CC2)cc1. The van der Waals surface area contributed by atoms with Gasteiger partial charge in [0.15, 0.2) is 0 Å². The molecule has 3 nitrogen and oxygen atoms in total. The fourth-order valence-electron chi connectivity index (χ4n) is 3.51. The minimum absolute atomic E-state index is 0.818. The Labute approximate surface area is 155 Å². The molecule has 0 atom stereocenters. The van der Waals surface area contributed by atoms with Gasteiger partial charge >= 0.3 is 0 Å². The molecule has 1 aromatic rings. The van der Waals surface area contributed by atoms with E-state index in [-0.39, 0.29) is 0 Å². The van der Waals surface area contributed by atoms with Crippen LogP contribution in [0.25, 0.3) is 0 Å². The second kappa shape index (κ2) is 10.0. The van der Waals surface area contributed by atoms with E-state index in [1.165, 1.54) is 56.1 Å². The van der Waals surface area contributed by atoms with E-state index in [9.17, 15) is 0 Å². The van der Waals surface area contributed by atoms with Gasteiger partial charge in [0.2, 0.25) is 0 Å². The van der Waals surface area contributed by atoms with Gasteiger partial charge in [0.25, 0.3) is 0 Å². The Morgan fingerprint density at radius 1 is 0.958 bits per heavy atom. The summed E-state index contributed by atoms with van der Waals surface area (Å²) in [5, 5.41) is 0.818. The number of nitrogens with zero attached hydrogens (tertiary/aromatic N) is 2. The zero-order chi connectivity index (χ0) is 16.6. The Kier molecular flexibility index (Phi) is 7.74. The number of piperidine rings is 1. The largest absolute Gasteiger partial charge is 0.379 e. The van der Waals surface area contributed by atoms with Crippen molar-refractivity contribution in [3.8, 4) is 0 Å². The van der Waals surface area contributed by atoms with E-state index in [0.29, 0.717) is 0 Å². The van der Waals surface area contributed by atoms with Gasteiger partial charge in [0.05, 0.1) is 13.2 Å². The van der Waals surface area contributed by atoms with Gasteiger partial charge in [-0.25, -0.2) is 0 Å². The van der Waals surface area contributed by atoms with Crippen LogP contribution >= 0.6 is 23.4 Å². The summed E-state index contributed by atoms with van der Waals surface area (Å²) < 4.78 is 5.42. The molecule has 0 radical (unpaired) electrons. The summed E-state index contributed by atoms with van der Waals surface area (Å²) in [6.45, 7) is 9.10. The minimum Gasteiger partial charge on any atom is -0.379 e. The second-order valence-electron chi connectivity index (χ2n) is 6.83. The molecule has 0 unspecified atom stereocenters. The highest BCUT2D eigenvalue weighted by molar-refractivity contribution is 7.99. The minimum atomic E-state index is 0.818. The molecule has 3 rings (SSSR count). The third kappa shape index (κ3) is 6.23. The highest BCUT2D eigenvalue weighted by Crippen LogP contribution is 2.23. The van der Waals surface area contributed by atoms with E-state index < -0.39 is 0 Å². The molecule has 2 aliphatic heterocycles. The van der Waals surface area contributed by atoms with Crippen LogP contribution in [-0.4, -0.2) is 68.0 Å². The first kappa shape index (κ1) is 18.5. The maximum absolute atomic E-state index is 5.93. The van der Waals surface area contributed by atoms with Gasteiger partial charge in [-0.3, -0.25) is 4.90 Å². The van der Waals surface area contributed by atoms with E-state index in [1.807, 2.05) is 23.9 Å². The monoisotopic (exact) mass is 368 g/mol. The number of hydrogen-bond acceptors (Lipinski definition) is 4. The molecule has 5 heteroatoms. The van der Waals surface area contributed by atoms with Gasteiger partial charge in [0, 0.05) is 35.3 Å². The second-order valence-corrected chi connectivity index (χ2v) is 8.43. The van der Waals surface area contributed by atoms with Crippen LogP contribution in [0.4, 0.5) is 0 Å². The Morgan fingerprint density at radius 3 is 2.33 bits per heavy atom. The summed E-state index contributed by atoms with van der Waals surface area (Å²) in [6.07, 6.45) is 4.11. The Hall–Kier alpha value is -0.260. The van der Waals surface area contributed by atoms with Crippen molar-refractivity contribution < 1.29 is 4.74 Å². The lowest BCUT2D eigenvalue weighted by Gasteiger charge is -2.33. The molecule has 0 spiro atoms. The molecule has 0 amide bonds. The van der Waals surface area contributed by atoms with Crippen molar-refractivity contribution in [2.24, 2.45) is 5.92 Å². The lowest BCUT2D eigenvalue weighted by molar-refractivity contribution is 0.0336. The summed E-state index contributed by atoms with van der Waals surface area (Å²) in [4.78, 5) is 6.52. The van der Waals surface area contributed by atoms with Crippen LogP contribution in [0.5, 0.6) is 0 Å². The molecule has 2 heterocycles. The molecule has 24 heavy (non-hydrogen) atoms. The van der Waals surface area contributed by atoms with Crippen LogP contribution in [0.15, 0.2) is 29.2 Å². The lowest BCUT2D eigenvalue weighted by Crippen LogP contribution is -2.39. The van der Waals surface area contributed by atoms with Crippen molar-refractivity contribution in [2.45, 2.75) is 24.2 Å². The van der Waals surface area contributed by atoms with Gasteiger partial charge in [-0.1, -0.05) is 11.6 Å². The van der Waals surface area contributed by atoms with Gasteiger partial charge < -0.3 is 9.64 Å². The van der Waals surface area contributed by atoms with E-state index in [1.54, 1.807) is 0 Å². The molecule has 0 N–H and O–H groups in total. The zero-order valence-corrected chi connectivity index (χ0v) is 16.0. The normalized spacial score (nSPS) is 21.2. The summed E-state index contributed by atoms with van der Waals surface area (Å²) in [6, 6.07) is 8.18. The average Bonchev–Trinajstić information content (AvgIpc) is 2.64. The van der Waals surface area contributed by atoms with Crippen molar-refractivity contribution >= 4 is 23.4 Å². The van der Waals surface area contributed by atoms with Crippen LogP contribution in [0.3, 0.4) is 0 Å². The van der Waals surface area contributed by atoms with Crippen LogP contribution in [0, 0.1) is 5.92 Å². The summed E-state index contributed by atoms with van der Waals surface area (Å²) in [5.74, 6) is 2.09. The number of halogens is 1. The third-order valence-electron chi connectivity index (χ3n) is 5.15. The quantitative estimate of drug-likeness (QED) is 0.678. The summed E-state index contributed by atoms with van der Waals surface area (Å²) in [7, 11) is 0. The fourth-order valence-corrected chi connectivity index (χ4v) is 4.55. The van der Waals surface area contributed by atoms with Crippen LogP contribution in [-0.2, 0) is 4.74 Å². The highest BCUT2D eigenvalue weighted by atomic mass is 35.5. The lowest BCUT2D eigenvalue weighted by atomic mass is 9.93. The third-order valence-corrected chi connectivity index (χ3v) is 6.40. The Balaban J connectivity index is 1.27. The molecule has 0 aromatic heterocycles. The summed E-state index contributed by atoms with van der Waals surface area (Å²) >= 11 is 7.86. The molecule has 0 aliphatic carbocycles. The topological polar surface area (TPSA) is 15.7 Å². The number of ether oxygens (including phenoxy) is 1. The Bertz CT molecular complexity index is 471. The fraction of sp³-hybridized carbons (Fsp3) is 0.684. The Morgan fingerprint density at radius 2 is 1.62 bits per heavy atom. The van der Waals surface area contributed by atoms with Crippen LogP contribution in [0.1, 0.15) is 19.3 Å². The molecule has 0 bridgehead atoms. The van der Waals surface area contributed by atoms with E-state index in [4.69, 9.17) is 16.3 Å². The first-order chi connectivity index (χ1) is 11.8. The predicted octanol–water partition coefficient (Wildman–Crippen LogP) is 3.87. The standard InChI is InChI=1S/C19H29ClN2OS/c20-18-1-3-19(4-2-18)24-16-13-21-8-5-17(6-9-21)7-10-22-11-14-23-15-12-22/h1-4,17H,5-16H2. The van der Waals surface area contributed by atoms with Gasteiger partial charge in [0.1, 0.15) is 0 Å². The zero-order valence-electron chi connectivity index (χ0n) is 14.5. The molecule has 2 fully saturated rings. The van der Waals surface area contributed by atoms with Crippen molar-refractivity contribution in [1.29, 1.82) is 0 Å². The first-order valence-corrected chi connectivity index (χ1v) is 10.6. The number of hydrogen-bond donors (Lipinski definition) is 0. The predicted molar refractivity (Wildman–Crippen MR) is 103 cm³/mol. The van der Waals surface area contributed by atoms with Crippen LogP contribution in [0.2, 0.25) is 5.02 Å². The number of rotatable bonds is 7. The van der Waals surface area contributed by atoms with Crippen LogP contribution < -0.4 is 0 Å². The maximum Gasteiger partial charge on any atom is 0.0594 e. The molecule has 2 aliphatic rings.